The number of esters is 2. The number of carbonyl (C=O) groups excluding carboxylic acids is 2. The zero-order chi connectivity index (χ0) is 20.3. The van der Waals surface area contributed by atoms with Gasteiger partial charge in [0.05, 0.1) is 6.61 Å². The molecule has 2 saturated heterocycles. The van der Waals surface area contributed by atoms with E-state index in [1.807, 2.05) is 44.2 Å². The van der Waals surface area contributed by atoms with Crippen LogP contribution in [0.5, 0.6) is 0 Å². The van der Waals surface area contributed by atoms with Crippen LogP contribution in [0.3, 0.4) is 0 Å². The number of benzene rings is 1. The maximum atomic E-state index is 12.2. The standard InChI is InChI=1S/C20H27NO7/c1-5-24-16(23)11-21(14-9-7-6-8-10-14)19-18-17(27-20(3,4)28-18)15(26-19)12-25-13(2)22/h6-10,15,17-19H,5,11-12H2,1-4H3/t15-,17-,18-,19?/m1/s1. The number of fused-ring (bicyclic) bond motifs is 1. The SMILES string of the molecule is CCOC(=O)CN(c1ccccc1)C1O[C@H](COC(C)=O)[C@H]2OC(C)(C)O[C@@H]12. The predicted molar refractivity (Wildman–Crippen MR) is 99.5 cm³/mol. The van der Waals surface area contributed by atoms with Crippen LogP contribution < -0.4 is 4.90 Å². The van der Waals surface area contributed by atoms with Gasteiger partial charge < -0.3 is 28.6 Å². The Morgan fingerprint density at radius 2 is 1.79 bits per heavy atom. The van der Waals surface area contributed by atoms with Crippen molar-refractivity contribution in [3.8, 4) is 0 Å². The number of nitrogens with zero attached hydrogens (tertiary/aromatic N) is 1. The number of hydrogen-bond donors (Lipinski definition) is 0. The zero-order valence-electron chi connectivity index (χ0n) is 16.6. The molecule has 0 amide bonds. The van der Waals surface area contributed by atoms with Crippen LogP contribution in [-0.2, 0) is 33.3 Å². The van der Waals surface area contributed by atoms with Gasteiger partial charge in [0.2, 0.25) is 0 Å². The molecule has 0 spiro atoms. The number of carbonyl (C=O) groups is 2. The summed E-state index contributed by atoms with van der Waals surface area (Å²) in [5.41, 5.74) is 0.792. The molecule has 0 radical (unpaired) electrons. The fourth-order valence-electron chi connectivity index (χ4n) is 3.54. The second-order valence-electron chi connectivity index (χ2n) is 7.20. The van der Waals surface area contributed by atoms with Gasteiger partial charge in [0.25, 0.3) is 0 Å². The van der Waals surface area contributed by atoms with E-state index < -0.39 is 36.3 Å². The highest BCUT2D eigenvalue weighted by atomic mass is 16.8. The Labute approximate surface area is 164 Å². The maximum Gasteiger partial charge on any atom is 0.325 e. The molecule has 2 fully saturated rings. The van der Waals surface area contributed by atoms with Crippen molar-refractivity contribution in [2.75, 3.05) is 24.7 Å². The highest BCUT2D eigenvalue weighted by molar-refractivity contribution is 5.76. The number of ether oxygens (including phenoxy) is 5. The van der Waals surface area contributed by atoms with Crippen LogP contribution >= 0.6 is 0 Å². The van der Waals surface area contributed by atoms with Crippen molar-refractivity contribution in [1.29, 1.82) is 0 Å². The van der Waals surface area contributed by atoms with Gasteiger partial charge in [-0.05, 0) is 32.9 Å². The first-order valence-electron chi connectivity index (χ1n) is 9.42. The molecule has 0 aliphatic carbocycles. The molecule has 0 aromatic heterocycles. The van der Waals surface area contributed by atoms with Gasteiger partial charge in [-0.2, -0.15) is 0 Å². The van der Waals surface area contributed by atoms with Gasteiger partial charge in [0.15, 0.2) is 12.0 Å². The van der Waals surface area contributed by atoms with Crippen molar-refractivity contribution in [3.05, 3.63) is 30.3 Å². The molecule has 3 rings (SSSR count). The third-order valence-corrected chi connectivity index (χ3v) is 4.58. The Balaban J connectivity index is 1.87. The van der Waals surface area contributed by atoms with Crippen molar-refractivity contribution in [3.63, 3.8) is 0 Å². The molecule has 2 aliphatic heterocycles. The average Bonchev–Trinajstić information content (AvgIpc) is 3.12. The van der Waals surface area contributed by atoms with E-state index in [2.05, 4.69) is 0 Å². The summed E-state index contributed by atoms with van der Waals surface area (Å²) < 4.78 is 28.5. The lowest BCUT2D eigenvalue weighted by Gasteiger charge is -2.33. The summed E-state index contributed by atoms with van der Waals surface area (Å²) in [6.45, 7) is 7.09. The van der Waals surface area contributed by atoms with E-state index in [1.165, 1.54) is 6.92 Å². The number of hydrogen-bond acceptors (Lipinski definition) is 8. The average molecular weight is 393 g/mol. The lowest BCUT2D eigenvalue weighted by molar-refractivity contribution is -0.192. The summed E-state index contributed by atoms with van der Waals surface area (Å²) >= 11 is 0. The number of anilines is 1. The molecule has 154 valence electrons. The zero-order valence-corrected chi connectivity index (χ0v) is 16.6. The normalized spacial score (nSPS) is 27.9. The minimum Gasteiger partial charge on any atom is -0.465 e. The smallest absolute Gasteiger partial charge is 0.325 e. The molecule has 2 aliphatic rings. The van der Waals surface area contributed by atoms with Crippen LogP contribution in [0.4, 0.5) is 5.69 Å². The molecule has 0 bridgehead atoms. The largest absolute Gasteiger partial charge is 0.465 e. The fraction of sp³-hybridized carbons (Fsp3) is 0.600. The Kier molecular flexibility index (Phi) is 6.22. The second kappa shape index (κ2) is 8.46. The monoisotopic (exact) mass is 393 g/mol. The van der Waals surface area contributed by atoms with E-state index in [1.54, 1.807) is 11.8 Å². The molecule has 1 aromatic carbocycles. The number of para-hydroxylation sites is 1. The summed E-state index contributed by atoms with van der Waals surface area (Å²) in [5, 5.41) is 0. The van der Waals surface area contributed by atoms with E-state index in [9.17, 15) is 9.59 Å². The molecule has 0 N–H and O–H groups in total. The van der Waals surface area contributed by atoms with Crippen molar-refractivity contribution < 1.29 is 33.3 Å². The van der Waals surface area contributed by atoms with Gasteiger partial charge in [0, 0.05) is 12.6 Å². The first kappa shape index (κ1) is 20.6. The maximum absolute atomic E-state index is 12.2. The molecule has 28 heavy (non-hydrogen) atoms. The van der Waals surface area contributed by atoms with Crippen LogP contribution in [0.1, 0.15) is 27.7 Å². The van der Waals surface area contributed by atoms with Crippen molar-refractivity contribution >= 4 is 17.6 Å². The van der Waals surface area contributed by atoms with Gasteiger partial charge in [0.1, 0.15) is 31.5 Å². The highest BCUT2D eigenvalue weighted by Crippen LogP contribution is 2.41. The minimum atomic E-state index is -0.807. The molecular weight excluding hydrogens is 366 g/mol. The van der Waals surface area contributed by atoms with E-state index in [0.29, 0.717) is 6.61 Å². The molecule has 1 unspecified atom stereocenters. The quantitative estimate of drug-likeness (QED) is 0.649. The minimum absolute atomic E-state index is 0.00415. The van der Waals surface area contributed by atoms with E-state index >= 15 is 0 Å². The Hall–Kier alpha value is -2.16. The topological polar surface area (TPSA) is 83.5 Å². The summed E-state index contributed by atoms with van der Waals surface area (Å²) in [6.07, 6.45) is -1.98. The first-order valence-corrected chi connectivity index (χ1v) is 9.42. The lowest BCUT2D eigenvalue weighted by atomic mass is 10.1. The molecule has 8 heteroatoms. The van der Waals surface area contributed by atoms with Crippen LogP contribution in [0.2, 0.25) is 0 Å². The summed E-state index contributed by atoms with van der Waals surface area (Å²) in [5.74, 6) is -1.57. The van der Waals surface area contributed by atoms with Crippen molar-refractivity contribution in [2.45, 2.75) is 58.0 Å². The van der Waals surface area contributed by atoms with Crippen LogP contribution in [0.25, 0.3) is 0 Å². The summed E-state index contributed by atoms with van der Waals surface area (Å²) in [7, 11) is 0. The summed E-state index contributed by atoms with van der Waals surface area (Å²) in [6, 6.07) is 9.43. The third-order valence-electron chi connectivity index (χ3n) is 4.58. The van der Waals surface area contributed by atoms with E-state index in [4.69, 9.17) is 23.7 Å². The highest BCUT2D eigenvalue weighted by Gasteiger charge is 2.57. The van der Waals surface area contributed by atoms with Crippen molar-refractivity contribution in [1.82, 2.24) is 0 Å². The molecule has 8 nitrogen and oxygen atoms in total. The van der Waals surface area contributed by atoms with Gasteiger partial charge >= 0.3 is 11.9 Å². The number of rotatable bonds is 7. The second-order valence-corrected chi connectivity index (χ2v) is 7.20. The van der Waals surface area contributed by atoms with Crippen LogP contribution in [0, 0.1) is 0 Å². The van der Waals surface area contributed by atoms with E-state index in [-0.39, 0.29) is 19.1 Å². The first-order chi connectivity index (χ1) is 13.3. The van der Waals surface area contributed by atoms with Gasteiger partial charge in [-0.1, -0.05) is 18.2 Å². The Bertz CT molecular complexity index is 693. The van der Waals surface area contributed by atoms with Crippen LogP contribution in [0.15, 0.2) is 30.3 Å². The fourth-order valence-corrected chi connectivity index (χ4v) is 3.54. The Morgan fingerprint density at radius 3 is 2.43 bits per heavy atom. The predicted octanol–water partition coefficient (Wildman–Crippen LogP) is 1.86. The van der Waals surface area contributed by atoms with Crippen molar-refractivity contribution in [2.24, 2.45) is 0 Å². The lowest BCUT2D eigenvalue weighted by Crippen LogP contribution is -2.47. The van der Waals surface area contributed by atoms with Crippen LogP contribution in [-0.4, -0.2) is 62.0 Å². The molecule has 1 aromatic rings. The summed E-state index contributed by atoms with van der Waals surface area (Å²) in [4.78, 5) is 25.3. The van der Waals surface area contributed by atoms with Gasteiger partial charge in [-0.15, -0.1) is 0 Å². The molecule has 0 saturated carbocycles. The van der Waals surface area contributed by atoms with Gasteiger partial charge in [-0.3, -0.25) is 9.59 Å². The third kappa shape index (κ3) is 4.63. The molecular formula is C20H27NO7. The van der Waals surface area contributed by atoms with E-state index in [0.717, 1.165) is 5.69 Å². The van der Waals surface area contributed by atoms with Gasteiger partial charge in [-0.25, -0.2) is 0 Å². The Morgan fingerprint density at radius 1 is 1.11 bits per heavy atom. The molecule has 4 atom stereocenters. The molecule has 2 heterocycles.